The first-order valence-electron chi connectivity index (χ1n) is 5.01. The van der Waals surface area contributed by atoms with Crippen molar-refractivity contribution in [3.05, 3.63) is 36.8 Å². The summed E-state index contributed by atoms with van der Waals surface area (Å²) in [4.78, 5) is 11.2. The molecule has 0 aliphatic rings. The van der Waals surface area contributed by atoms with Crippen molar-refractivity contribution < 1.29 is 4.52 Å². The van der Waals surface area contributed by atoms with Gasteiger partial charge in [-0.15, -0.1) is 0 Å². The molecule has 0 saturated heterocycles. The summed E-state index contributed by atoms with van der Waals surface area (Å²) in [7, 11) is 0. The van der Waals surface area contributed by atoms with Crippen LogP contribution in [-0.4, -0.2) is 20.1 Å². The number of hydrogen-bond donors (Lipinski definition) is 2. The summed E-state index contributed by atoms with van der Waals surface area (Å²) in [5.74, 6) is 0.904. The van der Waals surface area contributed by atoms with Crippen LogP contribution in [0.15, 0.2) is 41.3 Å². The number of aromatic amines is 1. The molecule has 3 aromatic heterocycles. The monoisotopic (exact) mass is 227 g/mol. The van der Waals surface area contributed by atoms with Crippen LogP contribution < -0.4 is 5.73 Å². The lowest BCUT2D eigenvalue weighted by atomic mass is 10.2. The number of rotatable bonds is 2. The highest BCUT2D eigenvalue weighted by Crippen LogP contribution is 2.21. The highest BCUT2D eigenvalue weighted by Gasteiger charge is 2.11. The number of nitrogen functional groups attached to an aromatic ring is 1. The maximum atomic E-state index is 5.64. The molecule has 0 fully saturated rings. The van der Waals surface area contributed by atoms with E-state index in [1.807, 2.05) is 12.1 Å². The molecule has 0 saturated carbocycles. The number of nitrogens with one attached hydrogen (secondary N) is 1. The molecule has 0 unspecified atom stereocenters. The lowest BCUT2D eigenvalue weighted by Crippen LogP contribution is -1.87. The molecule has 0 bridgehead atoms. The minimum atomic E-state index is 0.398. The van der Waals surface area contributed by atoms with Crippen LogP contribution in [0.25, 0.3) is 23.0 Å². The van der Waals surface area contributed by atoms with Crippen LogP contribution in [-0.2, 0) is 0 Å². The molecule has 0 amide bonds. The van der Waals surface area contributed by atoms with Gasteiger partial charge in [0.15, 0.2) is 0 Å². The van der Waals surface area contributed by atoms with Gasteiger partial charge in [0.05, 0.1) is 16.9 Å². The third-order valence-corrected chi connectivity index (χ3v) is 2.27. The van der Waals surface area contributed by atoms with E-state index in [1.165, 1.54) is 0 Å². The van der Waals surface area contributed by atoms with Crippen molar-refractivity contribution in [3.63, 3.8) is 0 Å². The molecule has 3 rings (SSSR count). The average Bonchev–Trinajstić information content (AvgIpc) is 3.00. The molecule has 6 heteroatoms. The van der Waals surface area contributed by atoms with Gasteiger partial charge in [-0.05, 0) is 18.2 Å². The molecule has 0 aliphatic heterocycles. The van der Waals surface area contributed by atoms with Gasteiger partial charge >= 0.3 is 0 Å². The molecule has 3 N–H and O–H groups in total. The first-order chi connectivity index (χ1) is 8.33. The number of nitrogens with zero attached hydrogens (tertiary/aromatic N) is 3. The molecule has 0 aliphatic carbocycles. The number of pyridine rings is 1. The molecule has 84 valence electrons. The lowest BCUT2D eigenvalue weighted by Gasteiger charge is -1.94. The molecular weight excluding hydrogens is 218 g/mol. The van der Waals surface area contributed by atoms with E-state index in [-0.39, 0.29) is 0 Å². The number of H-pyrrole nitrogens is 1. The topological polar surface area (TPSA) is 93.6 Å². The molecule has 3 heterocycles. The second-order valence-corrected chi connectivity index (χ2v) is 3.51. The molecule has 0 aromatic carbocycles. The van der Waals surface area contributed by atoms with Gasteiger partial charge in [0.1, 0.15) is 0 Å². The van der Waals surface area contributed by atoms with Crippen molar-refractivity contribution in [2.45, 2.75) is 0 Å². The fraction of sp³-hybridized carbons (Fsp3) is 0. The second-order valence-electron chi connectivity index (χ2n) is 3.51. The zero-order valence-electron chi connectivity index (χ0n) is 8.79. The molecule has 6 nitrogen and oxygen atoms in total. The zero-order chi connectivity index (χ0) is 11.7. The molecular formula is C11H9N5O. The molecule has 0 spiro atoms. The first kappa shape index (κ1) is 9.59. The summed E-state index contributed by atoms with van der Waals surface area (Å²) in [6, 6.07) is 5.47. The van der Waals surface area contributed by atoms with Crippen LogP contribution in [0.4, 0.5) is 5.69 Å². The van der Waals surface area contributed by atoms with Crippen molar-refractivity contribution in [2.75, 3.05) is 5.73 Å². The van der Waals surface area contributed by atoms with Crippen LogP contribution in [0.2, 0.25) is 0 Å². The van der Waals surface area contributed by atoms with Gasteiger partial charge < -0.3 is 15.2 Å². The Morgan fingerprint density at radius 1 is 1.29 bits per heavy atom. The Morgan fingerprint density at radius 2 is 2.24 bits per heavy atom. The highest BCUT2D eigenvalue weighted by atomic mass is 16.5. The van der Waals surface area contributed by atoms with E-state index in [4.69, 9.17) is 10.3 Å². The lowest BCUT2D eigenvalue weighted by molar-refractivity contribution is 0.432. The Kier molecular flexibility index (Phi) is 2.11. The third-order valence-electron chi connectivity index (χ3n) is 2.27. The number of aromatic nitrogens is 4. The molecule has 17 heavy (non-hydrogen) atoms. The fourth-order valence-corrected chi connectivity index (χ4v) is 1.49. The Labute approximate surface area is 96.5 Å². The number of nitrogens with two attached hydrogens (primary N) is 1. The standard InChI is InChI=1S/C11H9N5O/c12-8-4-7(5-13-6-8)11-15-10(16-17-11)9-2-1-3-14-9/h1-6,14H,12H2. The van der Waals surface area contributed by atoms with E-state index in [0.29, 0.717) is 23.0 Å². The van der Waals surface area contributed by atoms with E-state index in [1.54, 1.807) is 24.7 Å². The summed E-state index contributed by atoms with van der Waals surface area (Å²) < 4.78 is 5.15. The average molecular weight is 227 g/mol. The molecule has 3 aromatic rings. The molecule has 0 atom stereocenters. The van der Waals surface area contributed by atoms with Gasteiger partial charge in [0, 0.05) is 18.6 Å². The van der Waals surface area contributed by atoms with Gasteiger partial charge in [0.25, 0.3) is 5.89 Å². The van der Waals surface area contributed by atoms with Crippen molar-refractivity contribution in [1.82, 2.24) is 20.1 Å². The van der Waals surface area contributed by atoms with E-state index in [9.17, 15) is 0 Å². The van der Waals surface area contributed by atoms with E-state index in [0.717, 1.165) is 5.69 Å². The Balaban J connectivity index is 2.01. The number of hydrogen-bond acceptors (Lipinski definition) is 5. The minimum Gasteiger partial charge on any atom is -0.397 e. The van der Waals surface area contributed by atoms with E-state index >= 15 is 0 Å². The minimum absolute atomic E-state index is 0.398. The summed E-state index contributed by atoms with van der Waals surface area (Å²) in [6.07, 6.45) is 4.99. The van der Waals surface area contributed by atoms with E-state index in [2.05, 4.69) is 20.1 Å². The summed E-state index contributed by atoms with van der Waals surface area (Å²) in [5.41, 5.74) is 7.70. The number of anilines is 1. The summed E-state index contributed by atoms with van der Waals surface area (Å²) >= 11 is 0. The molecule has 0 radical (unpaired) electrons. The normalized spacial score (nSPS) is 10.6. The van der Waals surface area contributed by atoms with Crippen molar-refractivity contribution in [3.8, 4) is 23.0 Å². The first-order valence-corrected chi connectivity index (χ1v) is 5.01. The SMILES string of the molecule is Nc1cncc(-c2nc(-c3ccc[nH]3)no2)c1. The van der Waals surface area contributed by atoms with Crippen LogP contribution >= 0.6 is 0 Å². The van der Waals surface area contributed by atoms with Crippen LogP contribution in [0.1, 0.15) is 0 Å². The summed E-state index contributed by atoms with van der Waals surface area (Å²) in [5, 5.41) is 3.88. The van der Waals surface area contributed by atoms with Crippen molar-refractivity contribution in [1.29, 1.82) is 0 Å². The maximum Gasteiger partial charge on any atom is 0.259 e. The second kappa shape index (κ2) is 3.75. The fourth-order valence-electron chi connectivity index (χ4n) is 1.49. The van der Waals surface area contributed by atoms with E-state index < -0.39 is 0 Å². The van der Waals surface area contributed by atoms with Gasteiger partial charge in [0.2, 0.25) is 5.82 Å². The zero-order valence-corrected chi connectivity index (χ0v) is 8.79. The van der Waals surface area contributed by atoms with Gasteiger partial charge in [-0.2, -0.15) is 4.98 Å². The third kappa shape index (κ3) is 1.76. The van der Waals surface area contributed by atoms with Gasteiger partial charge in [-0.25, -0.2) is 0 Å². The van der Waals surface area contributed by atoms with Crippen LogP contribution in [0.3, 0.4) is 0 Å². The predicted molar refractivity (Wildman–Crippen MR) is 61.7 cm³/mol. The van der Waals surface area contributed by atoms with Gasteiger partial charge in [-0.3, -0.25) is 4.98 Å². The van der Waals surface area contributed by atoms with Crippen LogP contribution in [0.5, 0.6) is 0 Å². The highest BCUT2D eigenvalue weighted by molar-refractivity contribution is 5.60. The van der Waals surface area contributed by atoms with Gasteiger partial charge in [-0.1, -0.05) is 5.16 Å². The quantitative estimate of drug-likeness (QED) is 0.695. The summed E-state index contributed by atoms with van der Waals surface area (Å²) in [6.45, 7) is 0. The van der Waals surface area contributed by atoms with Crippen molar-refractivity contribution >= 4 is 5.69 Å². The smallest absolute Gasteiger partial charge is 0.259 e. The Hall–Kier alpha value is -2.63. The Morgan fingerprint density at radius 3 is 3.00 bits per heavy atom. The largest absolute Gasteiger partial charge is 0.397 e. The maximum absolute atomic E-state index is 5.64. The Bertz CT molecular complexity index is 629. The van der Waals surface area contributed by atoms with Crippen LogP contribution in [0, 0.1) is 0 Å². The van der Waals surface area contributed by atoms with Crippen molar-refractivity contribution in [2.24, 2.45) is 0 Å². The predicted octanol–water partition coefficient (Wildman–Crippen LogP) is 1.71.